The maximum absolute atomic E-state index is 13.1. The second-order valence-electron chi connectivity index (χ2n) is 7.77. The van der Waals surface area contributed by atoms with Gasteiger partial charge in [0.1, 0.15) is 5.82 Å². The lowest BCUT2D eigenvalue weighted by Gasteiger charge is -2.18. The standard InChI is InChI=1S/C22H17F3N6O2/c1-13-9-27-17(8-15(13)22(23,24)25)30-20(32)21(4-5-21)33-19-3-2-14(10-29-19)16-11-28-18-12-26-6-7-31(16)18/h2-3,6-12H,4-5H2,1H3,(H,27,30,32). The second kappa shape index (κ2) is 7.54. The number of anilines is 1. The average Bonchev–Trinajstić information content (AvgIpc) is 3.45. The van der Waals surface area contributed by atoms with Crippen molar-refractivity contribution in [2.75, 3.05) is 5.32 Å². The van der Waals surface area contributed by atoms with E-state index in [-0.39, 0.29) is 17.3 Å². The van der Waals surface area contributed by atoms with E-state index in [0.29, 0.717) is 18.5 Å². The van der Waals surface area contributed by atoms with Crippen LogP contribution in [0.25, 0.3) is 16.9 Å². The largest absolute Gasteiger partial charge is 0.461 e. The summed E-state index contributed by atoms with van der Waals surface area (Å²) in [5, 5.41) is 2.44. The fraction of sp³-hybridized carbons (Fsp3) is 0.227. The van der Waals surface area contributed by atoms with Crippen LogP contribution < -0.4 is 10.1 Å². The molecule has 11 heteroatoms. The molecule has 4 aromatic heterocycles. The lowest BCUT2D eigenvalue weighted by atomic mass is 10.1. The predicted molar refractivity (Wildman–Crippen MR) is 111 cm³/mol. The molecular weight excluding hydrogens is 437 g/mol. The summed E-state index contributed by atoms with van der Waals surface area (Å²) in [4.78, 5) is 29.2. The maximum Gasteiger partial charge on any atom is 0.416 e. The summed E-state index contributed by atoms with van der Waals surface area (Å²) in [5.41, 5.74) is 0.243. The Morgan fingerprint density at radius 1 is 1.12 bits per heavy atom. The van der Waals surface area contributed by atoms with Gasteiger partial charge in [-0.05, 0) is 24.6 Å². The number of imidazole rings is 1. The minimum Gasteiger partial charge on any atom is -0.461 e. The number of nitrogens with one attached hydrogen (secondary N) is 1. The number of carbonyl (C=O) groups is 1. The monoisotopic (exact) mass is 454 g/mol. The van der Waals surface area contributed by atoms with Gasteiger partial charge in [-0.1, -0.05) is 0 Å². The van der Waals surface area contributed by atoms with Gasteiger partial charge >= 0.3 is 6.18 Å². The zero-order valence-corrected chi connectivity index (χ0v) is 17.3. The van der Waals surface area contributed by atoms with Gasteiger partial charge in [0.05, 0.1) is 23.7 Å². The van der Waals surface area contributed by atoms with Gasteiger partial charge in [-0.2, -0.15) is 13.2 Å². The van der Waals surface area contributed by atoms with Gasteiger partial charge in [-0.15, -0.1) is 0 Å². The van der Waals surface area contributed by atoms with Crippen LogP contribution in [0.15, 0.2) is 55.4 Å². The number of aromatic nitrogens is 5. The Morgan fingerprint density at radius 2 is 1.94 bits per heavy atom. The highest BCUT2D eigenvalue weighted by Crippen LogP contribution is 2.41. The number of amides is 1. The number of nitrogens with zero attached hydrogens (tertiary/aromatic N) is 5. The van der Waals surface area contributed by atoms with Crippen molar-refractivity contribution in [3.63, 3.8) is 0 Å². The zero-order chi connectivity index (χ0) is 23.2. The molecule has 33 heavy (non-hydrogen) atoms. The number of halogens is 3. The van der Waals surface area contributed by atoms with Gasteiger partial charge in [0.2, 0.25) is 5.88 Å². The van der Waals surface area contributed by atoms with E-state index in [4.69, 9.17) is 4.74 Å². The lowest BCUT2D eigenvalue weighted by Crippen LogP contribution is -2.35. The van der Waals surface area contributed by atoms with Crippen LogP contribution in [0.1, 0.15) is 24.0 Å². The molecule has 1 amide bonds. The molecule has 1 aliphatic carbocycles. The fourth-order valence-corrected chi connectivity index (χ4v) is 3.46. The Balaban J connectivity index is 1.31. The zero-order valence-electron chi connectivity index (χ0n) is 17.3. The third-order valence-electron chi connectivity index (χ3n) is 5.42. The molecule has 0 unspecified atom stereocenters. The number of ether oxygens (including phenoxy) is 1. The summed E-state index contributed by atoms with van der Waals surface area (Å²) >= 11 is 0. The molecule has 0 aliphatic heterocycles. The first-order valence-electron chi connectivity index (χ1n) is 10.0. The summed E-state index contributed by atoms with van der Waals surface area (Å²) in [7, 11) is 0. The number of fused-ring (bicyclic) bond motifs is 1. The van der Waals surface area contributed by atoms with E-state index >= 15 is 0 Å². The van der Waals surface area contributed by atoms with Gasteiger partial charge in [0.15, 0.2) is 11.2 Å². The minimum atomic E-state index is -4.54. The van der Waals surface area contributed by atoms with E-state index < -0.39 is 23.2 Å². The van der Waals surface area contributed by atoms with Gasteiger partial charge < -0.3 is 10.1 Å². The van der Waals surface area contributed by atoms with Crippen LogP contribution in [0.5, 0.6) is 5.88 Å². The van der Waals surface area contributed by atoms with Crippen LogP contribution in [0.2, 0.25) is 0 Å². The van der Waals surface area contributed by atoms with Crippen LogP contribution >= 0.6 is 0 Å². The van der Waals surface area contributed by atoms with Crippen LogP contribution in [0.3, 0.4) is 0 Å². The van der Waals surface area contributed by atoms with Gasteiger partial charge in [-0.25, -0.2) is 15.0 Å². The molecule has 0 aromatic carbocycles. The molecule has 4 heterocycles. The van der Waals surface area contributed by atoms with E-state index in [1.54, 1.807) is 43.1 Å². The molecule has 0 saturated heterocycles. The molecule has 1 N–H and O–H groups in total. The molecule has 1 fully saturated rings. The molecule has 0 atom stereocenters. The first-order valence-corrected chi connectivity index (χ1v) is 10.0. The molecule has 1 aliphatic rings. The molecule has 8 nitrogen and oxygen atoms in total. The van der Waals surface area contributed by atoms with E-state index in [1.807, 2.05) is 4.40 Å². The van der Waals surface area contributed by atoms with Crippen molar-refractivity contribution < 1.29 is 22.7 Å². The van der Waals surface area contributed by atoms with Crippen molar-refractivity contribution >= 4 is 17.4 Å². The summed E-state index contributed by atoms with van der Waals surface area (Å²) in [6, 6.07) is 4.24. The van der Waals surface area contributed by atoms with Crippen LogP contribution in [-0.2, 0) is 11.0 Å². The molecule has 168 valence electrons. The summed E-state index contributed by atoms with van der Waals surface area (Å²) in [5.74, 6) is -0.514. The first kappa shape index (κ1) is 20.9. The lowest BCUT2D eigenvalue weighted by molar-refractivity contribution is -0.138. The molecule has 0 spiro atoms. The van der Waals surface area contributed by atoms with E-state index in [2.05, 4.69) is 25.3 Å². The van der Waals surface area contributed by atoms with Crippen LogP contribution in [0.4, 0.5) is 19.0 Å². The van der Waals surface area contributed by atoms with Crippen molar-refractivity contribution in [3.05, 3.63) is 66.5 Å². The van der Waals surface area contributed by atoms with Crippen molar-refractivity contribution in [2.45, 2.75) is 31.5 Å². The van der Waals surface area contributed by atoms with Gasteiger partial charge in [0, 0.05) is 49.3 Å². The highest BCUT2D eigenvalue weighted by atomic mass is 19.4. The first-order chi connectivity index (χ1) is 15.7. The molecule has 5 rings (SSSR count). The maximum atomic E-state index is 13.1. The molecule has 0 radical (unpaired) electrons. The Morgan fingerprint density at radius 3 is 2.64 bits per heavy atom. The summed E-state index contributed by atoms with van der Waals surface area (Å²) in [6.07, 6.45) is 5.76. The Hall–Kier alpha value is -4.02. The number of carbonyl (C=O) groups excluding carboxylic acids is 1. The summed E-state index contributed by atoms with van der Waals surface area (Å²) < 4.78 is 47.1. The van der Waals surface area contributed by atoms with Crippen molar-refractivity contribution in [1.29, 1.82) is 0 Å². The highest BCUT2D eigenvalue weighted by Gasteiger charge is 2.53. The van der Waals surface area contributed by atoms with Crippen molar-refractivity contribution in [1.82, 2.24) is 24.3 Å². The number of aryl methyl sites for hydroxylation is 1. The number of hydrogen-bond acceptors (Lipinski definition) is 6. The minimum absolute atomic E-state index is 0.0237. The Bertz CT molecular complexity index is 1350. The molecule has 0 bridgehead atoms. The third kappa shape index (κ3) is 3.97. The number of hydrogen-bond donors (Lipinski definition) is 1. The fourth-order valence-electron chi connectivity index (χ4n) is 3.46. The number of alkyl halides is 3. The molecular formula is C22H17F3N6O2. The van der Waals surface area contributed by atoms with E-state index in [1.165, 1.54) is 6.92 Å². The van der Waals surface area contributed by atoms with Crippen molar-refractivity contribution in [3.8, 4) is 17.1 Å². The predicted octanol–water partition coefficient (Wildman–Crippen LogP) is 4.06. The highest BCUT2D eigenvalue weighted by molar-refractivity contribution is 5.99. The quantitative estimate of drug-likeness (QED) is 0.489. The van der Waals surface area contributed by atoms with E-state index in [9.17, 15) is 18.0 Å². The topological polar surface area (TPSA) is 94.3 Å². The van der Waals surface area contributed by atoms with E-state index in [0.717, 1.165) is 23.5 Å². The van der Waals surface area contributed by atoms with Gasteiger partial charge in [0.25, 0.3) is 5.91 Å². The molecule has 1 saturated carbocycles. The Kier molecular flexibility index (Phi) is 4.76. The molecule has 4 aromatic rings. The summed E-state index contributed by atoms with van der Waals surface area (Å²) in [6.45, 7) is 1.31. The second-order valence-corrected chi connectivity index (χ2v) is 7.77. The Labute approximate surface area is 185 Å². The number of pyridine rings is 2. The number of rotatable bonds is 5. The third-order valence-corrected chi connectivity index (χ3v) is 5.42. The van der Waals surface area contributed by atoms with Crippen LogP contribution in [0, 0.1) is 6.92 Å². The average molecular weight is 454 g/mol. The van der Waals surface area contributed by atoms with Gasteiger partial charge in [-0.3, -0.25) is 14.2 Å². The van der Waals surface area contributed by atoms with Crippen LogP contribution in [-0.4, -0.2) is 35.8 Å². The van der Waals surface area contributed by atoms with Crippen molar-refractivity contribution in [2.24, 2.45) is 0 Å². The normalized spacial score (nSPS) is 14.8. The SMILES string of the molecule is Cc1cnc(NC(=O)C2(Oc3ccc(-c4cnc5cnccn45)cn3)CC2)cc1C(F)(F)F. The smallest absolute Gasteiger partial charge is 0.416 e.